The molecule has 6 nitrogen and oxygen atoms in total. The van der Waals surface area contributed by atoms with Crippen molar-refractivity contribution < 1.29 is 9.90 Å². The molecule has 114 valence electrons. The molecule has 0 aliphatic carbocycles. The number of thiazole rings is 1. The Bertz CT molecular complexity index is 630. The maximum Gasteiger partial charge on any atom is 0.270 e. The van der Waals surface area contributed by atoms with Crippen molar-refractivity contribution in [3.05, 3.63) is 23.5 Å². The first-order chi connectivity index (χ1) is 9.79. The third kappa shape index (κ3) is 3.68. The number of nitrogens with one attached hydrogen (secondary N) is 1. The van der Waals surface area contributed by atoms with Crippen LogP contribution in [-0.4, -0.2) is 37.9 Å². The van der Waals surface area contributed by atoms with E-state index in [1.807, 2.05) is 27.1 Å². The molecular weight excluding hydrogens is 288 g/mol. The number of hydrogen-bond acceptors (Lipinski definition) is 5. The average Bonchev–Trinajstić information content (AvgIpc) is 3.04. The van der Waals surface area contributed by atoms with Gasteiger partial charge in [-0.1, -0.05) is 13.8 Å². The van der Waals surface area contributed by atoms with Crippen molar-refractivity contribution in [1.29, 1.82) is 0 Å². The van der Waals surface area contributed by atoms with Gasteiger partial charge in [-0.05, 0) is 12.8 Å². The van der Waals surface area contributed by atoms with E-state index in [0.717, 1.165) is 10.6 Å². The number of hydrogen-bond donors (Lipinski definition) is 2. The van der Waals surface area contributed by atoms with Crippen molar-refractivity contribution >= 4 is 17.2 Å². The zero-order valence-corrected chi connectivity index (χ0v) is 13.4. The number of carbonyl (C=O) groups is 1. The lowest BCUT2D eigenvalue weighted by Gasteiger charge is -2.27. The van der Waals surface area contributed by atoms with Gasteiger partial charge in [-0.25, -0.2) is 4.98 Å². The number of aliphatic hydroxyl groups is 1. The van der Waals surface area contributed by atoms with Gasteiger partial charge in [0.25, 0.3) is 5.91 Å². The van der Waals surface area contributed by atoms with E-state index in [0.29, 0.717) is 5.69 Å². The third-order valence-corrected chi connectivity index (χ3v) is 4.43. The molecule has 1 atom stereocenters. The Kier molecular flexibility index (Phi) is 4.43. The second-order valence-electron chi connectivity index (χ2n) is 5.64. The maximum atomic E-state index is 12.1. The van der Waals surface area contributed by atoms with Crippen LogP contribution in [0.25, 0.3) is 10.6 Å². The predicted molar refractivity (Wildman–Crippen MR) is 82.1 cm³/mol. The summed E-state index contributed by atoms with van der Waals surface area (Å²) in [6.07, 6.45) is 3.56. The summed E-state index contributed by atoms with van der Waals surface area (Å²) in [5.41, 5.74) is 0.312. The molecule has 2 heterocycles. The quantitative estimate of drug-likeness (QED) is 0.880. The summed E-state index contributed by atoms with van der Waals surface area (Å²) in [6.45, 7) is 5.73. The number of amides is 1. The Balaban J connectivity index is 2.03. The molecule has 2 aromatic heterocycles. The molecule has 0 saturated heterocycles. The predicted octanol–water partition coefficient (Wildman–Crippen LogP) is 1.68. The number of nitrogens with zero attached hydrogens (tertiary/aromatic N) is 3. The fraction of sp³-hybridized carbons (Fsp3) is 0.500. The first kappa shape index (κ1) is 15.7. The van der Waals surface area contributed by atoms with Crippen LogP contribution < -0.4 is 5.32 Å². The van der Waals surface area contributed by atoms with Crippen molar-refractivity contribution in [3.8, 4) is 10.6 Å². The summed E-state index contributed by atoms with van der Waals surface area (Å²) >= 11 is 1.40. The SMILES string of the molecule is CC(C)C(C)(O)CNC(=O)c1csc(-c2cnn(C)c2)n1. The summed E-state index contributed by atoms with van der Waals surface area (Å²) in [4.78, 5) is 16.4. The molecule has 21 heavy (non-hydrogen) atoms. The molecule has 2 N–H and O–H groups in total. The molecule has 1 unspecified atom stereocenters. The summed E-state index contributed by atoms with van der Waals surface area (Å²) in [5.74, 6) is -0.221. The minimum atomic E-state index is -0.933. The van der Waals surface area contributed by atoms with Crippen LogP contribution in [0.15, 0.2) is 17.8 Å². The largest absolute Gasteiger partial charge is 0.388 e. The van der Waals surface area contributed by atoms with E-state index < -0.39 is 5.60 Å². The molecule has 2 rings (SSSR count). The van der Waals surface area contributed by atoms with Crippen LogP contribution in [0.5, 0.6) is 0 Å². The Morgan fingerprint density at radius 3 is 2.86 bits per heavy atom. The number of rotatable bonds is 5. The highest BCUT2D eigenvalue weighted by Gasteiger charge is 2.26. The van der Waals surface area contributed by atoms with Gasteiger partial charge in [-0.15, -0.1) is 11.3 Å². The van der Waals surface area contributed by atoms with Gasteiger partial charge in [0.05, 0.1) is 11.8 Å². The lowest BCUT2D eigenvalue weighted by molar-refractivity contribution is 0.0142. The molecule has 0 spiro atoms. The zero-order chi connectivity index (χ0) is 15.6. The van der Waals surface area contributed by atoms with Crippen molar-refractivity contribution in [2.24, 2.45) is 13.0 Å². The van der Waals surface area contributed by atoms with Crippen LogP contribution in [-0.2, 0) is 7.05 Å². The number of carbonyl (C=O) groups excluding carboxylic acids is 1. The molecule has 0 aromatic carbocycles. The smallest absolute Gasteiger partial charge is 0.270 e. The minimum absolute atomic E-state index is 0.0548. The van der Waals surface area contributed by atoms with Crippen molar-refractivity contribution in [3.63, 3.8) is 0 Å². The Hall–Kier alpha value is -1.73. The maximum absolute atomic E-state index is 12.1. The van der Waals surface area contributed by atoms with E-state index in [9.17, 15) is 9.90 Å². The molecule has 7 heteroatoms. The molecule has 1 amide bonds. The molecule has 0 aliphatic heterocycles. The zero-order valence-electron chi connectivity index (χ0n) is 12.6. The fourth-order valence-corrected chi connectivity index (χ4v) is 2.37. The van der Waals surface area contributed by atoms with Crippen LogP contribution in [0.3, 0.4) is 0 Å². The highest BCUT2D eigenvalue weighted by Crippen LogP contribution is 2.23. The van der Waals surface area contributed by atoms with Crippen LogP contribution in [0, 0.1) is 5.92 Å². The minimum Gasteiger partial charge on any atom is -0.388 e. The van der Waals surface area contributed by atoms with Gasteiger partial charge in [0, 0.05) is 30.7 Å². The molecule has 0 fully saturated rings. The lowest BCUT2D eigenvalue weighted by Crippen LogP contribution is -2.44. The van der Waals surface area contributed by atoms with Gasteiger partial charge in [-0.3, -0.25) is 9.48 Å². The average molecular weight is 308 g/mol. The van der Waals surface area contributed by atoms with Crippen LogP contribution >= 0.6 is 11.3 Å². The molecule has 2 aromatic rings. The molecule has 0 bridgehead atoms. The van der Waals surface area contributed by atoms with E-state index in [2.05, 4.69) is 15.4 Å². The summed E-state index contributed by atoms with van der Waals surface area (Å²) in [7, 11) is 1.83. The molecule has 0 saturated carbocycles. The standard InChI is InChI=1S/C14H20N4O2S/c1-9(2)14(3,20)8-15-12(19)11-7-21-13(17-11)10-5-16-18(4)6-10/h5-7,9,20H,8H2,1-4H3,(H,15,19). The molecule has 0 aliphatic rings. The van der Waals surface area contributed by atoms with Gasteiger partial charge in [0.15, 0.2) is 0 Å². The fourth-order valence-electron chi connectivity index (χ4n) is 1.60. The topological polar surface area (TPSA) is 80.0 Å². The Morgan fingerprint density at radius 1 is 1.57 bits per heavy atom. The van der Waals surface area contributed by atoms with Gasteiger partial charge < -0.3 is 10.4 Å². The van der Waals surface area contributed by atoms with E-state index >= 15 is 0 Å². The van der Waals surface area contributed by atoms with E-state index in [-0.39, 0.29) is 18.4 Å². The Labute approximate surface area is 127 Å². The van der Waals surface area contributed by atoms with Crippen LogP contribution in [0.2, 0.25) is 0 Å². The lowest BCUT2D eigenvalue weighted by atomic mass is 9.92. The second kappa shape index (κ2) is 5.95. The van der Waals surface area contributed by atoms with E-state index in [4.69, 9.17) is 0 Å². The normalized spacial score (nSPS) is 14.2. The van der Waals surface area contributed by atoms with Gasteiger partial charge >= 0.3 is 0 Å². The molecular formula is C14H20N4O2S. The van der Waals surface area contributed by atoms with Crippen LogP contribution in [0.4, 0.5) is 0 Å². The van der Waals surface area contributed by atoms with Crippen LogP contribution in [0.1, 0.15) is 31.3 Å². The van der Waals surface area contributed by atoms with E-state index in [1.165, 1.54) is 11.3 Å². The number of aryl methyl sites for hydroxylation is 1. The van der Waals surface area contributed by atoms with Gasteiger partial charge in [0.2, 0.25) is 0 Å². The van der Waals surface area contributed by atoms with Gasteiger partial charge in [-0.2, -0.15) is 5.10 Å². The first-order valence-electron chi connectivity index (χ1n) is 6.74. The highest BCUT2D eigenvalue weighted by atomic mass is 32.1. The summed E-state index contributed by atoms with van der Waals surface area (Å²) in [5, 5.41) is 19.4. The third-order valence-electron chi connectivity index (χ3n) is 3.54. The first-order valence-corrected chi connectivity index (χ1v) is 7.62. The highest BCUT2D eigenvalue weighted by molar-refractivity contribution is 7.13. The van der Waals surface area contributed by atoms with Crippen molar-refractivity contribution in [1.82, 2.24) is 20.1 Å². The van der Waals surface area contributed by atoms with Crippen molar-refractivity contribution in [2.45, 2.75) is 26.4 Å². The number of aromatic nitrogens is 3. The Morgan fingerprint density at radius 2 is 2.29 bits per heavy atom. The monoisotopic (exact) mass is 308 g/mol. The van der Waals surface area contributed by atoms with Crippen molar-refractivity contribution in [2.75, 3.05) is 6.54 Å². The van der Waals surface area contributed by atoms with E-state index in [1.54, 1.807) is 23.2 Å². The van der Waals surface area contributed by atoms with Gasteiger partial charge in [0.1, 0.15) is 10.7 Å². The summed E-state index contributed by atoms with van der Waals surface area (Å²) in [6, 6.07) is 0. The molecule has 0 radical (unpaired) electrons. The summed E-state index contributed by atoms with van der Waals surface area (Å²) < 4.78 is 1.69. The second-order valence-corrected chi connectivity index (χ2v) is 6.49.